The highest BCUT2D eigenvalue weighted by atomic mass is 16.5. The third-order valence-electron chi connectivity index (χ3n) is 3.49. The first-order chi connectivity index (χ1) is 8.77. The van der Waals surface area contributed by atoms with Gasteiger partial charge in [-0.1, -0.05) is 6.92 Å². The van der Waals surface area contributed by atoms with Gasteiger partial charge in [0.25, 0.3) is 0 Å². The fourth-order valence-corrected chi connectivity index (χ4v) is 2.43. The Labute approximate surface area is 107 Å². The van der Waals surface area contributed by atoms with Crippen LogP contribution in [0.4, 0.5) is 0 Å². The minimum absolute atomic E-state index is 0.0890. The van der Waals surface area contributed by atoms with Crippen molar-refractivity contribution in [3.8, 4) is 0 Å². The molecule has 0 aromatic carbocycles. The molecular formula is C12H21N3O3. The normalized spacial score (nSPS) is 24.4. The highest BCUT2D eigenvalue weighted by Crippen LogP contribution is 2.30. The smallest absolute Gasteiger partial charge is 0.158 e. The number of methoxy groups -OCH3 is 1. The lowest BCUT2D eigenvalue weighted by Gasteiger charge is -2.28. The van der Waals surface area contributed by atoms with E-state index in [0.717, 1.165) is 25.5 Å². The van der Waals surface area contributed by atoms with Crippen LogP contribution in [-0.2, 0) is 22.6 Å². The van der Waals surface area contributed by atoms with Crippen LogP contribution in [0, 0.1) is 5.92 Å². The van der Waals surface area contributed by atoms with Gasteiger partial charge in [-0.3, -0.25) is 0 Å². The van der Waals surface area contributed by atoms with Crippen molar-refractivity contribution in [2.45, 2.75) is 32.4 Å². The molecule has 1 aromatic rings. The largest absolute Gasteiger partial charge is 0.388 e. The predicted molar refractivity (Wildman–Crippen MR) is 65.2 cm³/mol. The van der Waals surface area contributed by atoms with Gasteiger partial charge in [0.2, 0.25) is 0 Å². The molecule has 1 aliphatic rings. The molecule has 0 aliphatic carbocycles. The van der Waals surface area contributed by atoms with E-state index in [-0.39, 0.29) is 6.61 Å². The molecule has 0 saturated carbocycles. The molecule has 1 saturated heterocycles. The topological polar surface area (TPSA) is 69.4 Å². The van der Waals surface area contributed by atoms with E-state index < -0.39 is 0 Å². The summed E-state index contributed by atoms with van der Waals surface area (Å²) >= 11 is 0. The Balaban J connectivity index is 2.22. The van der Waals surface area contributed by atoms with Gasteiger partial charge in [-0.2, -0.15) is 0 Å². The maximum Gasteiger partial charge on any atom is 0.158 e. The molecule has 2 atom stereocenters. The molecule has 1 aromatic heterocycles. The van der Waals surface area contributed by atoms with Crippen LogP contribution < -0.4 is 0 Å². The van der Waals surface area contributed by atoms with Gasteiger partial charge in [-0.25, -0.2) is 0 Å². The summed E-state index contributed by atoms with van der Waals surface area (Å²) in [6.07, 6.45) is 0.956. The van der Waals surface area contributed by atoms with Crippen LogP contribution >= 0.6 is 0 Å². The van der Waals surface area contributed by atoms with Crippen LogP contribution in [0.3, 0.4) is 0 Å². The van der Waals surface area contributed by atoms with Crippen LogP contribution in [0.5, 0.6) is 0 Å². The summed E-state index contributed by atoms with van der Waals surface area (Å²) in [6.45, 7) is 4.87. The molecule has 18 heavy (non-hydrogen) atoms. The number of nitrogens with zero attached hydrogens (tertiary/aromatic N) is 3. The van der Waals surface area contributed by atoms with E-state index in [0.29, 0.717) is 30.8 Å². The van der Waals surface area contributed by atoms with Gasteiger partial charge in [0.15, 0.2) is 5.82 Å². The quantitative estimate of drug-likeness (QED) is 0.832. The maximum atomic E-state index is 9.31. The standard InChI is InChI=1S/C12H21N3O3/c1-9-8-18-5-3-10(9)12-14-13-11(7-16)15(12)4-6-17-2/h9-10,16H,3-8H2,1-2H3. The second-order valence-electron chi connectivity index (χ2n) is 4.72. The van der Waals surface area contributed by atoms with Gasteiger partial charge in [-0.05, 0) is 12.3 Å². The molecule has 2 rings (SSSR count). The van der Waals surface area contributed by atoms with Crippen molar-refractivity contribution in [3.05, 3.63) is 11.6 Å². The van der Waals surface area contributed by atoms with Crippen molar-refractivity contribution in [3.63, 3.8) is 0 Å². The number of aliphatic hydroxyl groups excluding tert-OH is 1. The molecule has 0 amide bonds. The first-order valence-corrected chi connectivity index (χ1v) is 6.37. The van der Waals surface area contributed by atoms with E-state index in [1.807, 2.05) is 4.57 Å². The van der Waals surface area contributed by atoms with Gasteiger partial charge in [0.1, 0.15) is 12.4 Å². The maximum absolute atomic E-state index is 9.31. The number of aromatic nitrogens is 3. The van der Waals surface area contributed by atoms with E-state index in [4.69, 9.17) is 9.47 Å². The van der Waals surface area contributed by atoms with Crippen LogP contribution in [0.25, 0.3) is 0 Å². The summed E-state index contributed by atoms with van der Waals surface area (Å²) in [6, 6.07) is 0. The fraction of sp³-hybridized carbons (Fsp3) is 0.833. The molecule has 1 N–H and O–H groups in total. The van der Waals surface area contributed by atoms with Crippen molar-refractivity contribution in [2.24, 2.45) is 5.92 Å². The summed E-state index contributed by atoms with van der Waals surface area (Å²) in [5, 5.41) is 17.6. The average molecular weight is 255 g/mol. The van der Waals surface area contributed by atoms with E-state index in [2.05, 4.69) is 17.1 Å². The molecule has 102 valence electrons. The number of ether oxygens (including phenoxy) is 2. The van der Waals surface area contributed by atoms with E-state index in [1.54, 1.807) is 7.11 Å². The fourth-order valence-electron chi connectivity index (χ4n) is 2.43. The van der Waals surface area contributed by atoms with Crippen molar-refractivity contribution in [2.75, 3.05) is 26.9 Å². The molecule has 6 heteroatoms. The van der Waals surface area contributed by atoms with E-state index in [9.17, 15) is 5.11 Å². The number of aliphatic hydroxyl groups is 1. The van der Waals surface area contributed by atoms with Crippen LogP contribution in [0.2, 0.25) is 0 Å². The van der Waals surface area contributed by atoms with E-state index >= 15 is 0 Å². The van der Waals surface area contributed by atoms with Crippen molar-refractivity contribution in [1.29, 1.82) is 0 Å². The van der Waals surface area contributed by atoms with Gasteiger partial charge in [-0.15, -0.1) is 10.2 Å². The van der Waals surface area contributed by atoms with Crippen LogP contribution in [-0.4, -0.2) is 46.8 Å². The molecule has 2 heterocycles. The summed E-state index contributed by atoms with van der Waals surface area (Å²) in [5.41, 5.74) is 0. The predicted octanol–water partition coefficient (Wildman–Crippen LogP) is 0.557. The van der Waals surface area contributed by atoms with Crippen molar-refractivity contribution >= 4 is 0 Å². The summed E-state index contributed by atoms with van der Waals surface area (Å²) in [5.74, 6) is 2.34. The number of hydrogen-bond donors (Lipinski definition) is 1. The Kier molecular flexibility index (Phi) is 4.68. The van der Waals surface area contributed by atoms with Gasteiger partial charge in [0, 0.05) is 32.8 Å². The minimum atomic E-state index is -0.0890. The zero-order valence-electron chi connectivity index (χ0n) is 11.0. The van der Waals surface area contributed by atoms with Crippen molar-refractivity contribution in [1.82, 2.24) is 14.8 Å². The third kappa shape index (κ3) is 2.71. The van der Waals surface area contributed by atoms with Crippen molar-refractivity contribution < 1.29 is 14.6 Å². The lowest BCUT2D eigenvalue weighted by Crippen LogP contribution is -2.27. The summed E-state index contributed by atoms with van der Waals surface area (Å²) in [7, 11) is 1.67. The number of hydrogen-bond acceptors (Lipinski definition) is 5. The molecular weight excluding hydrogens is 234 g/mol. The first-order valence-electron chi connectivity index (χ1n) is 6.37. The first kappa shape index (κ1) is 13.5. The second-order valence-corrected chi connectivity index (χ2v) is 4.72. The number of rotatable bonds is 5. The Hall–Kier alpha value is -0.980. The molecule has 0 bridgehead atoms. The Morgan fingerprint density at radius 3 is 3.00 bits per heavy atom. The lowest BCUT2D eigenvalue weighted by molar-refractivity contribution is 0.0438. The SMILES string of the molecule is COCCn1c(CO)nnc1C1CCOCC1C. The molecule has 0 spiro atoms. The van der Waals surface area contributed by atoms with Crippen LogP contribution in [0.1, 0.15) is 30.9 Å². The van der Waals surface area contributed by atoms with Crippen LogP contribution in [0.15, 0.2) is 0 Å². The summed E-state index contributed by atoms with van der Waals surface area (Å²) < 4.78 is 12.5. The Morgan fingerprint density at radius 2 is 2.33 bits per heavy atom. The monoisotopic (exact) mass is 255 g/mol. The molecule has 1 fully saturated rings. The third-order valence-corrected chi connectivity index (χ3v) is 3.49. The molecule has 0 radical (unpaired) electrons. The average Bonchev–Trinajstić information content (AvgIpc) is 2.79. The highest BCUT2D eigenvalue weighted by Gasteiger charge is 2.28. The molecule has 6 nitrogen and oxygen atoms in total. The van der Waals surface area contributed by atoms with E-state index in [1.165, 1.54) is 0 Å². The van der Waals surface area contributed by atoms with Gasteiger partial charge >= 0.3 is 0 Å². The Bertz CT molecular complexity index is 381. The molecule has 2 unspecified atom stereocenters. The molecule has 1 aliphatic heterocycles. The second kappa shape index (κ2) is 6.26. The lowest BCUT2D eigenvalue weighted by atomic mass is 9.89. The summed E-state index contributed by atoms with van der Waals surface area (Å²) in [4.78, 5) is 0. The minimum Gasteiger partial charge on any atom is -0.388 e. The Morgan fingerprint density at radius 1 is 1.50 bits per heavy atom. The van der Waals surface area contributed by atoms with Gasteiger partial charge < -0.3 is 19.1 Å². The zero-order valence-corrected chi connectivity index (χ0v) is 11.0. The zero-order chi connectivity index (χ0) is 13.0. The van der Waals surface area contributed by atoms with Gasteiger partial charge in [0.05, 0.1) is 6.61 Å². The highest BCUT2D eigenvalue weighted by molar-refractivity contribution is 5.04.